The molecule has 0 amide bonds. The number of benzene rings is 1. The number of aliphatic hydroxyl groups excluding tert-OH is 1. The zero-order valence-corrected chi connectivity index (χ0v) is 7.87. The minimum atomic E-state index is -0.322. The smallest absolute Gasteiger partial charge is 0.137 e. The number of aliphatic hydroxyl groups is 1. The molecule has 0 heterocycles. The van der Waals surface area contributed by atoms with Gasteiger partial charge in [-0.1, -0.05) is 12.1 Å². The molecule has 0 bridgehead atoms. The summed E-state index contributed by atoms with van der Waals surface area (Å²) in [5.74, 6) is -0.290. The van der Waals surface area contributed by atoms with Crippen LogP contribution in [0.3, 0.4) is 0 Å². The largest absolute Gasteiger partial charge is 0.396 e. The maximum absolute atomic E-state index is 12.7. The number of Topliss-reactive ketones (excluding diaryl/α,β-unsaturated/α-hetero) is 1. The number of hydrogen-bond acceptors (Lipinski definition) is 2. The highest BCUT2D eigenvalue weighted by atomic mass is 19.1. The van der Waals surface area contributed by atoms with Gasteiger partial charge in [0.2, 0.25) is 0 Å². The van der Waals surface area contributed by atoms with Crippen LogP contribution in [0.1, 0.15) is 18.4 Å². The van der Waals surface area contributed by atoms with Crippen molar-refractivity contribution in [1.82, 2.24) is 0 Å². The minimum Gasteiger partial charge on any atom is -0.396 e. The highest BCUT2D eigenvalue weighted by Gasteiger charge is 2.03. The molecule has 14 heavy (non-hydrogen) atoms. The van der Waals surface area contributed by atoms with Crippen LogP contribution in [0, 0.1) is 5.82 Å². The number of ketones is 1. The second-order valence-corrected chi connectivity index (χ2v) is 3.17. The fourth-order valence-corrected chi connectivity index (χ4v) is 1.24. The van der Waals surface area contributed by atoms with Crippen molar-refractivity contribution in [1.29, 1.82) is 0 Å². The first-order valence-corrected chi connectivity index (χ1v) is 4.59. The lowest BCUT2D eigenvalue weighted by Gasteiger charge is -2.00. The van der Waals surface area contributed by atoms with Crippen LogP contribution >= 0.6 is 0 Å². The van der Waals surface area contributed by atoms with Crippen LogP contribution in [0.4, 0.5) is 4.39 Å². The summed E-state index contributed by atoms with van der Waals surface area (Å²) in [6, 6.07) is 6.02. The van der Waals surface area contributed by atoms with Crippen molar-refractivity contribution < 1.29 is 14.3 Å². The average molecular weight is 196 g/mol. The molecule has 0 atom stereocenters. The zero-order chi connectivity index (χ0) is 10.4. The Morgan fingerprint density at radius 1 is 1.43 bits per heavy atom. The molecule has 2 nitrogen and oxygen atoms in total. The van der Waals surface area contributed by atoms with Gasteiger partial charge in [-0.3, -0.25) is 4.79 Å². The van der Waals surface area contributed by atoms with Crippen molar-refractivity contribution in [2.45, 2.75) is 19.3 Å². The molecule has 1 N–H and O–H groups in total. The Morgan fingerprint density at radius 2 is 2.21 bits per heavy atom. The average Bonchev–Trinajstić information content (AvgIpc) is 2.15. The molecule has 0 saturated carbocycles. The third kappa shape index (κ3) is 3.66. The standard InChI is InChI=1S/C11H13FO2/c12-10-4-1-3-9(7-10)8-11(14)5-2-6-13/h1,3-4,7,13H,2,5-6,8H2. The molecule has 1 aromatic rings. The Balaban J connectivity index is 2.47. The van der Waals surface area contributed by atoms with E-state index in [0.717, 1.165) is 0 Å². The van der Waals surface area contributed by atoms with E-state index in [-0.39, 0.29) is 24.6 Å². The number of carbonyl (C=O) groups excluding carboxylic acids is 1. The number of carbonyl (C=O) groups is 1. The summed E-state index contributed by atoms with van der Waals surface area (Å²) >= 11 is 0. The molecule has 0 aliphatic heterocycles. The third-order valence-corrected chi connectivity index (χ3v) is 1.90. The van der Waals surface area contributed by atoms with Crippen LogP contribution < -0.4 is 0 Å². The lowest BCUT2D eigenvalue weighted by atomic mass is 10.1. The van der Waals surface area contributed by atoms with E-state index in [1.807, 2.05) is 0 Å². The molecule has 0 aromatic heterocycles. The van der Waals surface area contributed by atoms with Crippen LogP contribution in [0.5, 0.6) is 0 Å². The van der Waals surface area contributed by atoms with Gasteiger partial charge in [-0.2, -0.15) is 0 Å². The summed E-state index contributed by atoms with van der Waals surface area (Å²) < 4.78 is 12.7. The van der Waals surface area contributed by atoms with Crippen LogP contribution in [-0.4, -0.2) is 17.5 Å². The van der Waals surface area contributed by atoms with Crippen LogP contribution in [0.15, 0.2) is 24.3 Å². The Bertz CT molecular complexity index is 310. The molecule has 1 rings (SSSR count). The lowest BCUT2D eigenvalue weighted by Crippen LogP contribution is -2.03. The molecule has 0 radical (unpaired) electrons. The Kier molecular flexibility index (Phi) is 4.26. The van der Waals surface area contributed by atoms with Gasteiger partial charge in [0, 0.05) is 19.4 Å². The second kappa shape index (κ2) is 5.50. The maximum atomic E-state index is 12.7. The first-order chi connectivity index (χ1) is 6.72. The monoisotopic (exact) mass is 196 g/mol. The van der Waals surface area contributed by atoms with Gasteiger partial charge >= 0.3 is 0 Å². The Labute approximate surface area is 82.4 Å². The topological polar surface area (TPSA) is 37.3 Å². The third-order valence-electron chi connectivity index (χ3n) is 1.90. The number of halogens is 1. The minimum absolute atomic E-state index is 0.0227. The molecular weight excluding hydrogens is 183 g/mol. The summed E-state index contributed by atoms with van der Waals surface area (Å²) in [7, 11) is 0. The molecule has 0 saturated heterocycles. The van der Waals surface area contributed by atoms with E-state index >= 15 is 0 Å². The predicted octanol–water partition coefficient (Wildman–Crippen LogP) is 1.71. The van der Waals surface area contributed by atoms with Gasteiger partial charge in [-0.25, -0.2) is 4.39 Å². The van der Waals surface area contributed by atoms with Crippen molar-refractivity contribution in [2.75, 3.05) is 6.61 Å². The molecule has 3 heteroatoms. The second-order valence-electron chi connectivity index (χ2n) is 3.17. The van der Waals surface area contributed by atoms with Crippen molar-refractivity contribution >= 4 is 5.78 Å². The molecule has 0 spiro atoms. The first-order valence-electron chi connectivity index (χ1n) is 4.59. The van der Waals surface area contributed by atoms with Gasteiger partial charge < -0.3 is 5.11 Å². The highest BCUT2D eigenvalue weighted by molar-refractivity contribution is 5.80. The number of hydrogen-bond donors (Lipinski definition) is 1. The van der Waals surface area contributed by atoms with Crippen LogP contribution in [0.25, 0.3) is 0 Å². The summed E-state index contributed by atoms with van der Waals surface area (Å²) in [6.07, 6.45) is 1.08. The van der Waals surface area contributed by atoms with Gasteiger partial charge in [-0.05, 0) is 24.1 Å². The summed E-state index contributed by atoms with van der Waals surface area (Å²) in [6.45, 7) is 0.0227. The quantitative estimate of drug-likeness (QED) is 0.778. The van der Waals surface area contributed by atoms with E-state index in [1.54, 1.807) is 12.1 Å². The first kappa shape index (κ1) is 10.9. The van der Waals surface area contributed by atoms with E-state index < -0.39 is 0 Å². The maximum Gasteiger partial charge on any atom is 0.137 e. The molecule has 76 valence electrons. The fraction of sp³-hybridized carbons (Fsp3) is 0.364. The van der Waals surface area contributed by atoms with E-state index in [0.29, 0.717) is 18.4 Å². The predicted molar refractivity (Wildman–Crippen MR) is 51.4 cm³/mol. The summed E-state index contributed by atoms with van der Waals surface area (Å²) in [5, 5.41) is 8.51. The molecular formula is C11H13FO2. The molecule has 0 aliphatic carbocycles. The van der Waals surface area contributed by atoms with Crippen molar-refractivity contribution in [3.8, 4) is 0 Å². The molecule has 0 fully saturated rings. The normalized spacial score (nSPS) is 10.1. The van der Waals surface area contributed by atoms with Gasteiger partial charge in [0.1, 0.15) is 11.6 Å². The lowest BCUT2D eigenvalue weighted by molar-refractivity contribution is -0.118. The number of rotatable bonds is 5. The molecule has 0 aliphatic rings. The van der Waals surface area contributed by atoms with E-state index in [9.17, 15) is 9.18 Å². The van der Waals surface area contributed by atoms with Crippen LogP contribution in [-0.2, 0) is 11.2 Å². The summed E-state index contributed by atoms with van der Waals surface area (Å²) in [5.41, 5.74) is 0.688. The Hall–Kier alpha value is -1.22. The SMILES string of the molecule is O=C(CCCO)Cc1cccc(F)c1. The Morgan fingerprint density at radius 3 is 2.86 bits per heavy atom. The van der Waals surface area contributed by atoms with E-state index in [2.05, 4.69) is 0 Å². The van der Waals surface area contributed by atoms with Crippen molar-refractivity contribution in [2.24, 2.45) is 0 Å². The zero-order valence-electron chi connectivity index (χ0n) is 7.87. The van der Waals surface area contributed by atoms with Crippen molar-refractivity contribution in [3.05, 3.63) is 35.6 Å². The van der Waals surface area contributed by atoms with Gasteiger partial charge in [-0.15, -0.1) is 0 Å². The molecule has 1 aromatic carbocycles. The van der Waals surface area contributed by atoms with Gasteiger partial charge in [0.25, 0.3) is 0 Å². The van der Waals surface area contributed by atoms with E-state index in [4.69, 9.17) is 5.11 Å². The summed E-state index contributed by atoms with van der Waals surface area (Å²) in [4.78, 5) is 11.2. The fourth-order valence-electron chi connectivity index (χ4n) is 1.24. The van der Waals surface area contributed by atoms with Crippen LogP contribution in [0.2, 0.25) is 0 Å². The molecule has 0 unspecified atom stereocenters. The van der Waals surface area contributed by atoms with Gasteiger partial charge in [0.05, 0.1) is 0 Å². The van der Waals surface area contributed by atoms with E-state index in [1.165, 1.54) is 12.1 Å². The van der Waals surface area contributed by atoms with Gasteiger partial charge in [0.15, 0.2) is 0 Å². The van der Waals surface area contributed by atoms with Crippen molar-refractivity contribution in [3.63, 3.8) is 0 Å². The highest BCUT2D eigenvalue weighted by Crippen LogP contribution is 2.06.